The van der Waals surface area contributed by atoms with E-state index in [0.29, 0.717) is 0 Å². The summed E-state index contributed by atoms with van der Waals surface area (Å²) in [7, 11) is 0. The highest BCUT2D eigenvalue weighted by Crippen LogP contribution is 2.33. The molecule has 1 amide bonds. The lowest BCUT2D eigenvalue weighted by Crippen LogP contribution is -2.41. The van der Waals surface area contributed by atoms with Crippen molar-refractivity contribution in [2.45, 2.75) is 51.7 Å². The van der Waals surface area contributed by atoms with E-state index < -0.39 is 5.60 Å². The second-order valence-electron chi connectivity index (χ2n) is 5.60. The van der Waals surface area contributed by atoms with Gasteiger partial charge in [0.1, 0.15) is 5.60 Å². The first-order chi connectivity index (χ1) is 8.35. The van der Waals surface area contributed by atoms with Crippen LogP contribution in [0.3, 0.4) is 0 Å². The molecule has 0 aliphatic heterocycles. The molecule has 1 aromatic heterocycles. The van der Waals surface area contributed by atoms with E-state index >= 15 is 0 Å². The molecule has 1 aliphatic carbocycles. The van der Waals surface area contributed by atoms with Gasteiger partial charge in [-0.1, -0.05) is 11.6 Å². The summed E-state index contributed by atoms with van der Waals surface area (Å²) in [6.07, 6.45) is 2.37. The summed E-state index contributed by atoms with van der Waals surface area (Å²) in [5, 5.41) is 5.03. The third-order valence-electron chi connectivity index (χ3n) is 2.86. The average molecular weight is 288 g/mol. The molecule has 2 rings (SSSR count). The van der Waals surface area contributed by atoms with Crippen LogP contribution in [0.25, 0.3) is 0 Å². The van der Waals surface area contributed by atoms with Crippen molar-refractivity contribution in [2.75, 3.05) is 0 Å². The molecule has 3 nitrogen and oxygen atoms in total. The van der Waals surface area contributed by atoms with Crippen molar-refractivity contribution in [1.29, 1.82) is 0 Å². The molecular formula is C13H18ClNO2S. The number of ether oxygens (including phenoxy) is 1. The van der Waals surface area contributed by atoms with Crippen molar-refractivity contribution < 1.29 is 9.53 Å². The zero-order valence-corrected chi connectivity index (χ0v) is 12.5. The van der Waals surface area contributed by atoms with Crippen molar-refractivity contribution in [3.63, 3.8) is 0 Å². The third-order valence-corrected chi connectivity index (χ3v) is 4.21. The number of nitrogens with one attached hydrogen (secondary N) is 1. The smallest absolute Gasteiger partial charge is 0.407 e. The Balaban J connectivity index is 1.94. The fourth-order valence-corrected chi connectivity index (χ4v) is 3.28. The van der Waals surface area contributed by atoms with Crippen LogP contribution in [0.1, 0.15) is 38.3 Å². The molecular weight excluding hydrogens is 270 g/mol. The summed E-state index contributed by atoms with van der Waals surface area (Å²) in [6, 6.07) is 0.124. The van der Waals surface area contributed by atoms with Gasteiger partial charge in [0.25, 0.3) is 0 Å². The largest absolute Gasteiger partial charge is 0.444 e. The van der Waals surface area contributed by atoms with Crippen LogP contribution in [0.4, 0.5) is 4.79 Å². The molecule has 0 radical (unpaired) electrons. The van der Waals surface area contributed by atoms with E-state index in [2.05, 4.69) is 10.7 Å². The van der Waals surface area contributed by atoms with E-state index in [0.717, 1.165) is 23.6 Å². The van der Waals surface area contributed by atoms with E-state index in [-0.39, 0.29) is 12.1 Å². The quantitative estimate of drug-likeness (QED) is 0.853. The number of alkyl carbamates (subject to hydrolysis) is 1. The lowest BCUT2D eigenvalue weighted by Gasteiger charge is -2.26. The van der Waals surface area contributed by atoms with Crippen LogP contribution in [0, 0.1) is 0 Å². The number of thiophene rings is 1. The molecule has 1 aromatic rings. The number of amides is 1. The van der Waals surface area contributed by atoms with Gasteiger partial charge in [0.2, 0.25) is 0 Å². The van der Waals surface area contributed by atoms with Crippen molar-refractivity contribution in [2.24, 2.45) is 0 Å². The Morgan fingerprint density at radius 2 is 2.28 bits per heavy atom. The molecule has 1 unspecified atom stereocenters. The second-order valence-corrected chi connectivity index (χ2v) is 7.08. The highest BCUT2D eigenvalue weighted by molar-refractivity contribution is 7.14. The Morgan fingerprint density at radius 1 is 1.56 bits per heavy atom. The number of carbonyl (C=O) groups is 1. The van der Waals surface area contributed by atoms with E-state index in [9.17, 15) is 4.79 Å². The number of halogens is 1. The molecule has 0 spiro atoms. The minimum absolute atomic E-state index is 0.124. The third kappa shape index (κ3) is 3.39. The summed E-state index contributed by atoms with van der Waals surface area (Å²) in [5.41, 5.74) is 2.06. The predicted molar refractivity (Wildman–Crippen MR) is 74.5 cm³/mol. The molecule has 1 heterocycles. The number of hydrogen-bond donors (Lipinski definition) is 1. The Labute approximate surface area is 116 Å². The Hall–Kier alpha value is -0.740. The molecule has 1 aliphatic rings. The fraction of sp³-hybridized carbons (Fsp3) is 0.615. The average Bonchev–Trinajstić information content (AvgIpc) is 2.57. The summed E-state index contributed by atoms with van der Waals surface area (Å²) in [4.78, 5) is 11.7. The lowest BCUT2D eigenvalue weighted by atomic mass is 9.91. The van der Waals surface area contributed by atoms with Crippen LogP contribution in [-0.4, -0.2) is 17.7 Å². The maximum Gasteiger partial charge on any atom is 0.407 e. The first-order valence-corrected chi connectivity index (χ1v) is 7.35. The normalized spacial score (nSPS) is 19.2. The van der Waals surface area contributed by atoms with E-state index in [4.69, 9.17) is 16.3 Å². The van der Waals surface area contributed by atoms with Crippen molar-refractivity contribution in [3.05, 3.63) is 20.8 Å². The van der Waals surface area contributed by atoms with Gasteiger partial charge in [-0.15, -0.1) is 11.3 Å². The molecule has 0 aromatic carbocycles. The first kappa shape index (κ1) is 13.7. The van der Waals surface area contributed by atoms with Gasteiger partial charge in [0.05, 0.1) is 4.34 Å². The Bertz CT molecular complexity index is 450. The fourth-order valence-electron chi connectivity index (χ4n) is 2.09. The first-order valence-electron chi connectivity index (χ1n) is 6.09. The van der Waals surface area contributed by atoms with E-state index in [1.54, 1.807) is 11.3 Å². The van der Waals surface area contributed by atoms with Gasteiger partial charge in [-0.25, -0.2) is 4.79 Å². The predicted octanol–water partition coefficient (Wildman–Crippen LogP) is 3.78. The second kappa shape index (κ2) is 5.10. The number of fused-ring (bicyclic) bond motifs is 1. The number of hydrogen-bond acceptors (Lipinski definition) is 3. The monoisotopic (exact) mass is 287 g/mol. The molecule has 0 saturated heterocycles. The summed E-state index contributed by atoms with van der Waals surface area (Å²) in [5.74, 6) is 0. The van der Waals surface area contributed by atoms with Gasteiger partial charge in [-0.05, 0) is 56.5 Å². The van der Waals surface area contributed by atoms with Crippen molar-refractivity contribution >= 4 is 29.0 Å². The summed E-state index contributed by atoms with van der Waals surface area (Å²) < 4.78 is 6.11. The molecule has 18 heavy (non-hydrogen) atoms. The Kier molecular flexibility index (Phi) is 3.87. The van der Waals surface area contributed by atoms with Crippen molar-refractivity contribution in [3.8, 4) is 0 Å². The molecule has 0 fully saturated rings. The van der Waals surface area contributed by atoms with Gasteiger partial charge in [-0.3, -0.25) is 0 Å². The molecule has 100 valence electrons. The minimum atomic E-state index is -0.454. The molecule has 5 heteroatoms. The Morgan fingerprint density at radius 3 is 2.94 bits per heavy atom. The van der Waals surface area contributed by atoms with Gasteiger partial charge in [-0.2, -0.15) is 0 Å². The molecule has 0 bridgehead atoms. The van der Waals surface area contributed by atoms with Crippen LogP contribution in [-0.2, 0) is 17.6 Å². The zero-order valence-electron chi connectivity index (χ0n) is 10.9. The molecule has 1 atom stereocenters. The highest BCUT2D eigenvalue weighted by atomic mass is 35.5. The van der Waals surface area contributed by atoms with Gasteiger partial charge in [0, 0.05) is 6.04 Å². The lowest BCUT2D eigenvalue weighted by molar-refractivity contribution is 0.0500. The zero-order chi connectivity index (χ0) is 13.3. The molecule has 0 saturated carbocycles. The number of carbonyl (C=O) groups excluding carboxylic acids is 1. The van der Waals surface area contributed by atoms with Crippen LogP contribution in [0.15, 0.2) is 5.38 Å². The van der Waals surface area contributed by atoms with E-state index in [1.807, 2.05) is 20.8 Å². The summed E-state index contributed by atoms with van der Waals surface area (Å²) in [6.45, 7) is 5.59. The topological polar surface area (TPSA) is 38.3 Å². The van der Waals surface area contributed by atoms with Crippen LogP contribution < -0.4 is 5.32 Å². The van der Waals surface area contributed by atoms with Crippen LogP contribution in [0.2, 0.25) is 4.34 Å². The maximum absolute atomic E-state index is 11.7. The number of aryl methyl sites for hydroxylation is 1. The van der Waals surface area contributed by atoms with E-state index in [1.165, 1.54) is 11.1 Å². The number of rotatable bonds is 1. The van der Waals surface area contributed by atoms with Gasteiger partial charge in [0.15, 0.2) is 0 Å². The van der Waals surface area contributed by atoms with Crippen LogP contribution >= 0.6 is 22.9 Å². The summed E-state index contributed by atoms with van der Waals surface area (Å²) >= 11 is 7.71. The SMILES string of the molecule is CC(C)(C)OC(=O)NC1CCc2csc(Cl)c2C1. The standard InChI is InChI=1S/C13H18ClNO2S/c1-13(2,3)17-12(16)15-9-5-4-8-7-18-11(14)10(8)6-9/h7,9H,4-6H2,1-3H3,(H,15,16). The highest BCUT2D eigenvalue weighted by Gasteiger charge is 2.25. The molecule has 1 N–H and O–H groups in total. The van der Waals surface area contributed by atoms with Crippen molar-refractivity contribution in [1.82, 2.24) is 5.32 Å². The van der Waals surface area contributed by atoms with Gasteiger partial charge >= 0.3 is 6.09 Å². The van der Waals surface area contributed by atoms with Crippen LogP contribution in [0.5, 0.6) is 0 Å². The van der Waals surface area contributed by atoms with Gasteiger partial charge < -0.3 is 10.1 Å². The maximum atomic E-state index is 11.7. The minimum Gasteiger partial charge on any atom is -0.444 e.